The Balaban J connectivity index is 1.60. The highest BCUT2D eigenvalue weighted by atomic mass is 32.1. The van der Waals surface area contributed by atoms with Crippen molar-refractivity contribution in [2.75, 3.05) is 23.3 Å². The average Bonchev–Trinajstić information content (AvgIpc) is 3.22. The summed E-state index contributed by atoms with van der Waals surface area (Å²) >= 11 is 1.55. The summed E-state index contributed by atoms with van der Waals surface area (Å²) in [5.41, 5.74) is 0.697. The monoisotopic (exact) mass is 362 g/mol. The highest BCUT2D eigenvalue weighted by Gasteiger charge is 2.26. The lowest BCUT2D eigenvalue weighted by Crippen LogP contribution is -2.45. The molecule has 0 radical (unpaired) electrons. The standard InChI is InChI=1S/C17H19FN4O2S/c1-10-8-22(9-11(2)23-10)13-4-3-12-16(15(13)18)24-21-17(12)20-7-14-19-5-6-25-14/h3-6,10-11H,7-9H2,1-2H3,(H,20,21)/t10-,11+. The Morgan fingerprint density at radius 2 is 2.12 bits per heavy atom. The van der Waals surface area contributed by atoms with E-state index >= 15 is 0 Å². The van der Waals surface area contributed by atoms with E-state index in [1.54, 1.807) is 23.6 Å². The third-order valence-electron chi connectivity index (χ3n) is 4.21. The molecule has 3 heterocycles. The van der Waals surface area contributed by atoms with Gasteiger partial charge in [-0.25, -0.2) is 9.37 Å². The van der Waals surface area contributed by atoms with Crippen molar-refractivity contribution in [1.82, 2.24) is 10.1 Å². The largest absolute Gasteiger partial charge is 0.372 e. The van der Waals surface area contributed by atoms with Crippen LogP contribution in [0.4, 0.5) is 15.9 Å². The minimum absolute atomic E-state index is 0.0593. The Kier molecular flexibility index (Phi) is 4.30. The zero-order valence-corrected chi connectivity index (χ0v) is 14.8. The fourth-order valence-electron chi connectivity index (χ4n) is 3.21. The van der Waals surface area contributed by atoms with Crippen LogP contribution in [0, 0.1) is 5.82 Å². The summed E-state index contributed by atoms with van der Waals surface area (Å²) in [6.45, 7) is 5.82. The first-order valence-electron chi connectivity index (χ1n) is 8.22. The van der Waals surface area contributed by atoms with Gasteiger partial charge >= 0.3 is 0 Å². The summed E-state index contributed by atoms with van der Waals surface area (Å²) in [5, 5.41) is 10.6. The van der Waals surface area contributed by atoms with Crippen LogP contribution in [0.3, 0.4) is 0 Å². The van der Waals surface area contributed by atoms with Gasteiger partial charge in [0.05, 0.1) is 29.8 Å². The van der Waals surface area contributed by atoms with E-state index in [0.29, 0.717) is 36.5 Å². The van der Waals surface area contributed by atoms with Crippen LogP contribution in [0.1, 0.15) is 18.9 Å². The van der Waals surface area contributed by atoms with Crippen LogP contribution in [-0.2, 0) is 11.3 Å². The second kappa shape index (κ2) is 6.61. The molecule has 1 N–H and O–H groups in total. The second-order valence-corrected chi connectivity index (χ2v) is 7.23. The van der Waals surface area contributed by atoms with Crippen molar-refractivity contribution in [3.05, 3.63) is 34.5 Å². The molecule has 2 aromatic heterocycles. The van der Waals surface area contributed by atoms with E-state index in [1.807, 2.05) is 30.2 Å². The number of hydrogen-bond acceptors (Lipinski definition) is 7. The molecular weight excluding hydrogens is 343 g/mol. The summed E-state index contributed by atoms with van der Waals surface area (Å²) in [7, 11) is 0. The van der Waals surface area contributed by atoms with Gasteiger partial charge in [-0.05, 0) is 26.0 Å². The predicted molar refractivity (Wildman–Crippen MR) is 95.6 cm³/mol. The fraction of sp³-hybridized carbons (Fsp3) is 0.412. The number of fused-ring (bicyclic) bond motifs is 1. The first-order valence-corrected chi connectivity index (χ1v) is 9.10. The van der Waals surface area contributed by atoms with Gasteiger partial charge in [-0.15, -0.1) is 11.3 Å². The number of hydrogen-bond donors (Lipinski definition) is 1. The van der Waals surface area contributed by atoms with Crippen molar-refractivity contribution in [3.63, 3.8) is 0 Å². The van der Waals surface area contributed by atoms with Gasteiger partial charge in [0.2, 0.25) is 5.58 Å². The molecule has 4 rings (SSSR count). The average molecular weight is 362 g/mol. The number of nitrogens with zero attached hydrogens (tertiary/aromatic N) is 3. The minimum atomic E-state index is -0.381. The number of thiazole rings is 1. The summed E-state index contributed by atoms with van der Waals surface area (Å²) in [4.78, 5) is 6.21. The first-order chi connectivity index (χ1) is 12.1. The van der Waals surface area contributed by atoms with Crippen LogP contribution in [0.2, 0.25) is 0 Å². The van der Waals surface area contributed by atoms with Crippen molar-refractivity contribution in [2.24, 2.45) is 0 Å². The molecule has 1 aliphatic heterocycles. The molecule has 1 fully saturated rings. The Labute approximate surface area is 148 Å². The molecule has 3 aromatic rings. The van der Waals surface area contributed by atoms with Crippen molar-refractivity contribution in [3.8, 4) is 0 Å². The van der Waals surface area contributed by atoms with E-state index in [4.69, 9.17) is 9.26 Å². The molecule has 0 unspecified atom stereocenters. The maximum atomic E-state index is 15.0. The van der Waals surface area contributed by atoms with Gasteiger partial charge in [0.1, 0.15) is 5.01 Å². The Morgan fingerprint density at radius 1 is 1.32 bits per heavy atom. The van der Waals surface area contributed by atoms with Gasteiger partial charge in [-0.3, -0.25) is 0 Å². The molecule has 1 saturated heterocycles. The molecule has 6 nitrogen and oxygen atoms in total. The van der Waals surface area contributed by atoms with Gasteiger partial charge in [0.25, 0.3) is 0 Å². The van der Waals surface area contributed by atoms with Crippen LogP contribution in [-0.4, -0.2) is 35.4 Å². The van der Waals surface area contributed by atoms with Crippen LogP contribution in [0.25, 0.3) is 11.0 Å². The van der Waals surface area contributed by atoms with E-state index in [0.717, 1.165) is 5.01 Å². The third kappa shape index (κ3) is 3.19. The topological polar surface area (TPSA) is 63.4 Å². The molecule has 132 valence electrons. The van der Waals surface area contributed by atoms with Crippen molar-refractivity contribution in [2.45, 2.75) is 32.6 Å². The highest BCUT2D eigenvalue weighted by Crippen LogP contribution is 2.33. The number of halogens is 1. The summed E-state index contributed by atoms with van der Waals surface area (Å²) < 4.78 is 26.0. The molecule has 25 heavy (non-hydrogen) atoms. The van der Waals surface area contributed by atoms with E-state index in [-0.39, 0.29) is 23.6 Å². The predicted octanol–water partition coefficient (Wildman–Crippen LogP) is 3.65. The van der Waals surface area contributed by atoms with Crippen LogP contribution < -0.4 is 10.2 Å². The van der Waals surface area contributed by atoms with Crippen molar-refractivity contribution < 1.29 is 13.7 Å². The third-order valence-corrected chi connectivity index (χ3v) is 4.99. The van der Waals surface area contributed by atoms with Crippen LogP contribution >= 0.6 is 11.3 Å². The molecule has 0 spiro atoms. The second-order valence-electron chi connectivity index (χ2n) is 6.25. The molecule has 1 aliphatic rings. The van der Waals surface area contributed by atoms with Gasteiger partial charge in [-0.2, -0.15) is 0 Å². The minimum Gasteiger partial charge on any atom is -0.372 e. The van der Waals surface area contributed by atoms with E-state index < -0.39 is 0 Å². The van der Waals surface area contributed by atoms with Crippen molar-refractivity contribution in [1.29, 1.82) is 0 Å². The fourth-order valence-corrected chi connectivity index (χ4v) is 3.76. The zero-order valence-electron chi connectivity index (χ0n) is 14.0. The lowest BCUT2D eigenvalue weighted by molar-refractivity contribution is -0.00539. The number of anilines is 2. The van der Waals surface area contributed by atoms with E-state index in [9.17, 15) is 4.39 Å². The summed E-state index contributed by atoms with van der Waals surface area (Å²) in [5.74, 6) is 0.146. The number of ether oxygens (including phenoxy) is 1. The normalized spacial score (nSPS) is 21.0. The van der Waals surface area contributed by atoms with Gasteiger partial charge in [-0.1, -0.05) is 5.16 Å². The lowest BCUT2D eigenvalue weighted by atomic mass is 10.1. The molecule has 8 heteroatoms. The van der Waals surface area contributed by atoms with Gasteiger partial charge in [0, 0.05) is 24.7 Å². The number of benzene rings is 1. The van der Waals surface area contributed by atoms with Crippen LogP contribution in [0.15, 0.2) is 28.2 Å². The zero-order chi connectivity index (χ0) is 17.4. The maximum absolute atomic E-state index is 15.0. The van der Waals surface area contributed by atoms with Crippen LogP contribution in [0.5, 0.6) is 0 Å². The Morgan fingerprint density at radius 3 is 2.84 bits per heavy atom. The summed E-state index contributed by atoms with van der Waals surface area (Å²) in [6, 6.07) is 3.63. The number of aromatic nitrogens is 2. The van der Waals surface area contributed by atoms with Gasteiger partial charge in [0.15, 0.2) is 11.6 Å². The molecular formula is C17H19FN4O2S. The SMILES string of the molecule is C[C@@H]1CN(c2ccc3c(NCc4nccs4)noc3c2F)C[C@H](C)O1. The molecule has 1 aromatic carbocycles. The maximum Gasteiger partial charge on any atom is 0.206 e. The number of morpholine rings is 1. The molecule has 0 amide bonds. The molecule has 0 saturated carbocycles. The Bertz CT molecular complexity index is 857. The lowest BCUT2D eigenvalue weighted by Gasteiger charge is -2.36. The molecule has 0 bridgehead atoms. The van der Waals surface area contributed by atoms with E-state index in [1.165, 1.54) is 0 Å². The molecule has 2 atom stereocenters. The molecule has 0 aliphatic carbocycles. The van der Waals surface area contributed by atoms with Crippen molar-refractivity contribution >= 4 is 33.8 Å². The Hall–Kier alpha value is -2.19. The summed E-state index contributed by atoms with van der Waals surface area (Å²) in [6.07, 6.45) is 1.87. The quantitative estimate of drug-likeness (QED) is 0.764. The highest BCUT2D eigenvalue weighted by molar-refractivity contribution is 7.09. The number of nitrogens with one attached hydrogen (secondary N) is 1. The first kappa shape index (κ1) is 16.3. The number of rotatable bonds is 4. The van der Waals surface area contributed by atoms with E-state index in [2.05, 4.69) is 15.5 Å². The smallest absolute Gasteiger partial charge is 0.206 e. The van der Waals surface area contributed by atoms with Gasteiger partial charge < -0.3 is 19.5 Å².